The average Bonchev–Trinajstić information content (AvgIpc) is 2.46. The molecule has 1 aromatic rings. The summed E-state index contributed by atoms with van der Waals surface area (Å²) in [6.07, 6.45) is 5.41. The Balaban J connectivity index is 1.86. The highest BCUT2D eigenvalue weighted by Gasteiger charge is 2.12. The lowest BCUT2D eigenvalue weighted by molar-refractivity contribution is 0.0827. The Morgan fingerprint density at radius 1 is 1.47 bits per heavy atom. The fourth-order valence-corrected chi connectivity index (χ4v) is 2.21. The minimum Gasteiger partial charge on any atom is -0.369 e. The third-order valence-corrected chi connectivity index (χ3v) is 3.36. The molecule has 2 N–H and O–H groups in total. The maximum Gasteiger partial charge on any atom is 0.254 e. The maximum absolute atomic E-state index is 11.7. The molecule has 1 unspecified atom stereocenters. The number of carbonyl (C=O) groups excluding carboxylic acids is 1. The number of anilines is 1. The fraction of sp³-hybridized carbons (Fsp3) is 0.571. The first-order valence-electron chi connectivity index (χ1n) is 6.82. The minimum absolute atomic E-state index is 0.0204. The van der Waals surface area contributed by atoms with Crippen LogP contribution in [-0.2, 0) is 0 Å². The first-order valence-corrected chi connectivity index (χ1v) is 6.82. The number of rotatable bonds is 4. The molecular weight excluding hydrogens is 240 g/mol. The molecule has 1 atom stereocenters. The third-order valence-electron chi connectivity index (χ3n) is 3.36. The van der Waals surface area contributed by atoms with Gasteiger partial charge in [-0.25, -0.2) is 4.98 Å². The number of hydrogen-bond donors (Lipinski definition) is 2. The number of carbonyl (C=O) groups is 1. The van der Waals surface area contributed by atoms with Gasteiger partial charge in [0.1, 0.15) is 5.82 Å². The topological polar surface area (TPSA) is 57.3 Å². The molecular formula is C14H22N4O. The summed E-state index contributed by atoms with van der Waals surface area (Å²) in [6.45, 7) is 1.99. The molecule has 19 heavy (non-hydrogen) atoms. The van der Waals surface area contributed by atoms with E-state index >= 15 is 0 Å². The van der Waals surface area contributed by atoms with Crippen molar-refractivity contribution in [2.45, 2.75) is 25.3 Å². The van der Waals surface area contributed by atoms with E-state index in [1.165, 1.54) is 19.3 Å². The molecule has 2 heterocycles. The van der Waals surface area contributed by atoms with Gasteiger partial charge in [0.25, 0.3) is 5.91 Å². The largest absolute Gasteiger partial charge is 0.369 e. The van der Waals surface area contributed by atoms with E-state index in [2.05, 4.69) is 15.6 Å². The van der Waals surface area contributed by atoms with E-state index in [0.29, 0.717) is 11.6 Å². The Kier molecular flexibility index (Phi) is 4.74. The molecule has 0 bridgehead atoms. The molecule has 1 amide bonds. The summed E-state index contributed by atoms with van der Waals surface area (Å²) in [4.78, 5) is 17.5. The van der Waals surface area contributed by atoms with Gasteiger partial charge in [-0.15, -0.1) is 0 Å². The molecule has 0 aromatic carbocycles. The minimum atomic E-state index is -0.0204. The molecule has 0 spiro atoms. The van der Waals surface area contributed by atoms with Crippen molar-refractivity contribution in [3.63, 3.8) is 0 Å². The molecule has 1 aromatic heterocycles. The number of pyridine rings is 1. The van der Waals surface area contributed by atoms with Crippen LogP contribution in [0.25, 0.3) is 0 Å². The highest BCUT2D eigenvalue weighted by Crippen LogP contribution is 2.10. The van der Waals surface area contributed by atoms with Gasteiger partial charge in [-0.1, -0.05) is 6.42 Å². The Morgan fingerprint density at radius 3 is 2.89 bits per heavy atom. The van der Waals surface area contributed by atoms with Crippen LogP contribution in [0.15, 0.2) is 18.3 Å². The number of aromatic nitrogens is 1. The average molecular weight is 262 g/mol. The molecule has 2 rings (SSSR count). The quantitative estimate of drug-likeness (QED) is 0.859. The van der Waals surface area contributed by atoms with Crippen LogP contribution in [-0.4, -0.2) is 49.0 Å². The standard InChI is InChI=1S/C14H22N4O/c1-18(2)14(19)11-6-7-13(16-9-11)17-10-12-5-3-4-8-15-12/h6-7,9,12,15H,3-5,8,10H2,1-2H3,(H,16,17). The number of nitrogens with zero attached hydrogens (tertiary/aromatic N) is 2. The van der Waals surface area contributed by atoms with Gasteiger partial charge < -0.3 is 15.5 Å². The Hall–Kier alpha value is -1.62. The van der Waals surface area contributed by atoms with Crippen LogP contribution < -0.4 is 10.6 Å². The molecule has 1 aliphatic rings. The number of nitrogens with one attached hydrogen (secondary N) is 2. The van der Waals surface area contributed by atoms with E-state index in [1.807, 2.05) is 12.1 Å². The second kappa shape index (κ2) is 6.52. The fourth-order valence-electron chi connectivity index (χ4n) is 2.21. The Labute approximate surface area is 114 Å². The SMILES string of the molecule is CN(C)C(=O)c1ccc(NCC2CCCCN2)nc1. The second-order valence-corrected chi connectivity index (χ2v) is 5.16. The lowest BCUT2D eigenvalue weighted by Gasteiger charge is -2.23. The van der Waals surface area contributed by atoms with Crippen molar-refractivity contribution in [3.8, 4) is 0 Å². The maximum atomic E-state index is 11.7. The summed E-state index contributed by atoms with van der Waals surface area (Å²) >= 11 is 0. The van der Waals surface area contributed by atoms with Gasteiger partial charge >= 0.3 is 0 Å². The Morgan fingerprint density at radius 2 is 2.32 bits per heavy atom. The van der Waals surface area contributed by atoms with Crippen LogP contribution in [0, 0.1) is 0 Å². The number of hydrogen-bond acceptors (Lipinski definition) is 4. The summed E-state index contributed by atoms with van der Waals surface area (Å²) in [5.74, 6) is 0.802. The van der Waals surface area contributed by atoms with E-state index in [0.717, 1.165) is 18.9 Å². The molecule has 0 radical (unpaired) electrons. The van der Waals surface area contributed by atoms with Crippen molar-refractivity contribution in [2.24, 2.45) is 0 Å². The van der Waals surface area contributed by atoms with Gasteiger partial charge in [-0.05, 0) is 31.5 Å². The van der Waals surface area contributed by atoms with E-state index in [1.54, 1.807) is 25.2 Å². The monoisotopic (exact) mass is 262 g/mol. The highest BCUT2D eigenvalue weighted by atomic mass is 16.2. The molecule has 0 saturated carbocycles. The van der Waals surface area contributed by atoms with Crippen molar-refractivity contribution in [3.05, 3.63) is 23.9 Å². The summed E-state index contributed by atoms with van der Waals surface area (Å²) < 4.78 is 0. The van der Waals surface area contributed by atoms with E-state index in [4.69, 9.17) is 0 Å². The van der Waals surface area contributed by atoms with Crippen LogP contribution >= 0.6 is 0 Å². The van der Waals surface area contributed by atoms with Crippen molar-refractivity contribution >= 4 is 11.7 Å². The normalized spacial score (nSPS) is 18.9. The van der Waals surface area contributed by atoms with Crippen LogP contribution in [0.2, 0.25) is 0 Å². The van der Waals surface area contributed by atoms with Crippen LogP contribution in [0.5, 0.6) is 0 Å². The first-order chi connectivity index (χ1) is 9.16. The van der Waals surface area contributed by atoms with Crippen molar-refractivity contribution in [1.29, 1.82) is 0 Å². The molecule has 5 nitrogen and oxygen atoms in total. The molecule has 1 fully saturated rings. The van der Waals surface area contributed by atoms with E-state index < -0.39 is 0 Å². The molecule has 5 heteroatoms. The van der Waals surface area contributed by atoms with Gasteiger partial charge in [0.2, 0.25) is 0 Å². The van der Waals surface area contributed by atoms with Gasteiger partial charge in [-0.3, -0.25) is 4.79 Å². The van der Waals surface area contributed by atoms with Crippen molar-refractivity contribution in [1.82, 2.24) is 15.2 Å². The number of amides is 1. The summed E-state index contributed by atoms with van der Waals surface area (Å²) in [5.41, 5.74) is 0.617. The van der Waals surface area contributed by atoms with Crippen molar-refractivity contribution in [2.75, 3.05) is 32.5 Å². The number of piperidine rings is 1. The van der Waals surface area contributed by atoms with Gasteiger partial charge in [0.05, 0.1) is 5.56 Å². The zero-order chi connectivity index (χ0) is 13.7. The summed E-state index contributed by atoms with van der Waals surface area (Å²) in [7, 11) is 3.48. The van der Waals surface area contributed by atoms with Gasteiger partial charge in [-0.2, -0.15) is 0 Å². The predicted octanol–water partition coefficient (Wildman–Crippen LogP) is 1.34. The van der Waals surface area contributed by atoms with Gasteiger partial charge in [0, 0.05) is 32.9 Å². The molecule has 1 saturated heterocycles. The molecule has 104 valence electrons. The van der Waals surface area contributed by atoms with E-state index in [9.17, 15) is 4.79 Å². The predicted molar refractivity (Wildman–Crippen MR) is 76.4 cm³/mol. The lowest BCUT2D eigenvalue weighted by atomic mass is 10.1. The highest BCUT2D eigenvalue weighted by molar-refractivity contribution is 5.93. The van der Waals surface area contributed by atoms with Gasteiger partial charge in [0.15, 0.2) is 0 Å². The smallest absolute Gasteiger partial charge is 0.254 e. The van der Waals surface area contributed by atoms with E-state index in [-0.39, 0.29) is 5.91 Å². The summed E-state index contributed by atoms with van der Waals surface area (Å²) in [5, 5.41) is 6.79. The van der Waals surface area contributed by atoms with Crippen LogP contribution in [0.1, 0.15) is 29.6 Å². The third kappa shape index (κ3) is 3.92. The zero-order valence-corrected chi connectivity index (χ0v) is 11.6. The zero-order valence-electron chi connectivity index (χ0n) is 11.6. The van der Waals surface area contributed by atoms with Crippen LogP contribution in [0.4, 0.5) is 5.82 Å². The Bertz CT molecular complexity index is 410. The molecule has 0 aliphatic carbocycles. The van der Waals surface area contributed by atoms with Crippen LogP contribution in [0.3, 0.4) is 0 Å². The summed E-state index contributed by atoms with van der Waals surface area (Å²) in [6, 6.07) is 4.20. The first kappa shape index (κ1) is 13.8. The molecule has 1 aliphatic heterocycles. The second-order valence-electron chi connectivity index (χ2n) is 5.16. The lowest BCUT2D eigenvalue weighted by Crippen LogP contribution is -2.39. The van der Waals surface area contributed by atoms with Crippen molar-refractivity contribution < 1.29 is 4.79 Å².